The molecule has 0 fully saturated rings. The quantitative estimate of drug-likeness (QED) is 0.350. The Balaban J connectivity index is 4.52. The number of carbonyl (C=O) groups excluding carboxylic acids is 2. The lowest BCUT2D eigenvalue weighted by Crippen LogP contribution is -2.43. The molecule has 0 heterocycles. The van der Waals surface area contributed by atoms with Gasteiger partial charge in [0, 0.05) is 13.0 Å². The largest absolute Gasteiger partial charge is 0.480 e. The SMILES string of the molecule is CCC(=NCCCC(NC(=O)OC(C)(C)C)C(=O)O)NC(=O)OC(C)(C)C. The van der Waals surface area contributed by atoms with Gasteiger partial charge in [0.2, 0.25) is 0 Å². The molecule has 1 atom stereocenters. The van der Waals surface area contributed by atoms with Crippen molar-refractivity contribution in [3.63, 3.8) is 0 Å². The Hall–Kier alpha value is -2.32. The van der Waals surface area contributed by atoms with E-state index in [4.69, 9.17) is 9.47 Å². The summed E-state index contributed by atoms with van der Waals surface area (Å²) in [5, 5.41) is 14.1. The van der Waals surface area contributed by atoms with E-state index in [0.717, 1.165) is 0 Å². The molecule has 27 heavy (non-hydrogen) atoms. The highest BCUT2D eigenvalue weighted by Crippen LogP contribution is 2.08. The maximum absolute atomic E-state index is 11.7. The molecule has 1 unspecified atom stereocenters. The Labute approximate surface area is 160 Å². The number of nitrogens with zero attached hydrogens (tertiary/aromatic N) is 1. The molecule has 156 valence electrons. The number of carboxylic acid groups (broad SMARTS) is 1. The maximum atomic E-state index is 11.7. The van der Waals surface area contributed by atoms with Crippen molar-refractivity contribution < 1.29 is 29.0 Å². The summed E-state index contributed by atoms with van der Waals surface area (Å²) in [4.78, 5) is 39.0. The van der Waals surface area contributed by atoms with Gasteiger partial charge >= 0.3 is 18.2 Å². The number of ether oxygens (including phenoxy) is 2. The van der Waals surface area contributed by atoms with Gasteiger partial charge in [0.1, 0.15) is 23.1 Å². The van der Waals surface area contributed by atoms with E-state index in [0.29, 0.717) is 25.2 Å². The Bertz CT molecular complexity index is 546. The van der Waals surface area contributed by atoms with Gasteiger partial charge in [-0.1, -0.05) is 6.92 Å². The normalized spacial score (nSPS) is 13.5. The number of rotatable bonds is 7. The molecule has 0 aromatic carbocycles. The van der Waals surface area contributed by atoms with Gasteiger partial charge in [-0.15, -0.1) is 0 Å². The maximum Gasteiger partial charge on any atom is 0.413 e. The van der Waals surface area contributed by atoms with Crippen LogP contribution in [0.4, 0.5) is 9.59 Å². The molecular formula is C18H33N3O6. The van der Waals surface area contributed by atoms with Crippen LogP contribution in [-0.2, 0) is 14.3 Å². The van der Waals surface area contributed by atoms with E-state index >= 15 is 0 Å². The summed E-state index contributed by atoms with van der Waals surface area (Å²) in [5.74, 6) is -0.691. The average Bonchev–Trinajstić information content (AvgIpc) is 2.44. The van der Waals surface area contributed by atoms with Crippen LogP contribution in [0.5, 0.6) is 0 Å². The summed E-state index contributed by atoms with van der Waals surface area (Å²) in [7, 11) is 0. The number of nitrogens with one attached hydrogen (secondary N) is 2. The number of carbonyl (C=O) groups is 3. The third-order valence-corrected chi connectivity index (χ3v) is 2.92. The number of carboxylic acids is 1. The molecule has 0 rings (SSSR count). The summed E-state index contributed by atoms with van der Waals surface area (Å²) >= 11 is 0. The number of hydrogen-bond acceptors (Lipinski definition) is 6. The van der Waals surface area contributed by atoms with Crippen molar-refractivity contribution in [2.45, 2.75) is 85.0 Å². The second-order valence-corrected chi connectivity index (χ2v) is 7.99. The van der Waals surface area contributed by atoms with Crippen LogP contribution < -0.4 is 10.6 Å². The molecule has 0 saturated heterocycles. The van der Waals surface area contributed by atoms with Crippen LogP contribution in [0.25, 0.3) is 0 Å². The molecule has 0 aromatic rings. The Kier molecular flexibility index (Phi) is 9.82. The van der Waals surface area contributed by atoms with Gasteiger partial charge in [-0.05, 0) is 54.4 Å². The summed E-state index contributed by atoms with van der Waals surface area (Å²) in [6.07, 6.45) is -0.275. The zero-order valence-electron chi connectivity index (χ0n) is 17.3. The van der Waals surface area contributed by atoms with Gasteiger partial charge in [-0.2, -0.15) is 0 Å². The minimum absolute atomic E-state index is 0.182. The van der Waals surface area contributed by atoms with Gasteiger partial charge in [0.05, 0.1) is 0 Å². The van der Waals surface area contributed by atoms with Crippen LogP contribution in [0, 0.1) is 0 Å². The lowest BCUT2D eigenvalue weighted by molar-refractivity contribution is -0.139. The van der Waals surface area contributed by atoms with Crippen LogP contribution in [-0.4, -0.2) is 52.9 Å². The van der Waals surface area contributed by atoms with Crippen LogP contribution in [0.3, 0.4) is 0 Å². The monoisotopic (exact) mass is 387 g/mol. The van der Waals surface area contributed by atoms with Gasteiger partial charge in [0.25, 0.3) is 0 Å². The van der Waals surface area contributed by atoms with E-state index < -0.39 is 35.4 Å². The zero-order valence-corrected chi connectivity index (χ0v) is 17.3. The van der Waals surface area contributed by atoms with Crippen LogP contribution in [0.15, 0.2) is 4.99 Å². The molecular weight excluding hydrogens is 354 g/mol. The summed E-state index contributed by atoms with van der Waals surface area (Å²) in [5.41, 5.74) is -1.31. The predicted octanol–water partition coefficient (Wildman–Crippen LogP) is 3.08. The van der Waals surface area contributed by atoms with E-state index in [1.165, 1.54) is 0 Å². The van der Waals surface area contributed by atoms with E-state index in [9.17, 15) is 19.5 Å². The van der Waals surface area contributed by atoms with Gasteiger partial charge in [0.15, 0.2) is 0 Å². The van der Waals surface area contributed by atoms with Crippen molar-refractivity contribution in [2.75, 3.05) is 6.54 Å². The molecule has 0 aromatic heterocycles. The second kappa shape index (κ2) is 10.7. The molecule has 0 radical (unpaired) electrons. The molecule has 9 nitrogen and oxygen atoms in total. The number of aliphatic carboxylic acids is 1. The number of aliphatic imine (C=N–C) groups is 1. The summed E-state index contributed by atoms with van der Waals surface area (Å²) < 4.78 is 10.2. The standard InChI is InChI=1S/C18H33N3O6/c1-8-13(21-16(25)27-18(5,6)7)19-11-9-10-12(14(22)23)20-15(24)26-17(2,3)4/h12H,8-11H2,1-7H3,(H,20,24)(H,22,23)(H,19,21,25). The molecule has 2 amide bonds. The highest BCUT2D eigenvalue weighted by atomic mass is 16.6. The fraction of sp³-hybridized carbons (Fsp3) is 0.778. The highest BCUT2D eigenvalue weighted by Gasteiger charge is 2.23. The first-order valence-corrected chi connectivity index (χ1v) is 8.99. The number of amides is 2. The number of hydrogen-bond donors (Lipinski definition) is 3. The van der Waals surface area contributed by atoms with E-state index in [1.807, 2.05) is 6.92 Å². The summed E-state index contributed by atoms with van der Waals surface area (Å²) in [6, 6.07) is -1.07. The third-order valence-electron chi connectivity index (χ3n) is 2.92. The third kappa shape index (κ3) is 13.5. The van der Waals surface area contributed by atoms with Crippen molar-refractivity contribution in [1.82, 2.24) is 10.6 Å². The highest BCUT2D eigenvalue weighted by molar-refractivity contribution is 5.95. The minimum atomic E-state index is -1.15. The van der Waals surface area contributed by atoms with Crippen LogP contribution in [0.1, 0.15) is 67.7 Å². The minimum Gasteiger partial charge on any atom is -0.480 e. The van der Waals surface area contributed by atoms with Gasteiger partial charge in [-0.25, -0.2) is 14.4 Å². The first-order chi connectivity index (χ1) is 12.2. The van der Waals surface area contributed by atoms with Crippen molar-refractivity contribution in [1.29, 1.82) is 0 Å². The van der Waals surface area contributed by atoms with E-state index in [2.05, 4.69) is 15.6 Å². The fourth-order valence-corrected chi connectivity index (χ4v) is 1.88. The van der Waals surface area contributed by atoms with Crippen molar-refractivity contribution in [3.8, 4) is 0 Å². The Morgan fingerprint density at radius 2 is 1.52 bits per heavy atom. The fourth-order valence-electron chi connectivity index (χ4n) is 1.88. The summed E-state index contributed by atoms with van der Waals surface area (Å²) in [6.45, 7) is 12.5. The molecule has 0 aliphatic heterocycles. The topological polar surface area (TPSA) is 126 Å². The molecule has 9 heteroatoms. The van der Waals surface area contributed by atoms with E-state index in [-0.39, 0.29) is 6.42 Å². The van der Waals surface area contributed by atoms with Gasteiger partial charge in [-0.3, -0.25) is 10.3 Å². The Morgan fingerprint density at radius 3 is 1.96 bits per heavy atom. The molecule has 0 aliphatic rings. The lowest BCUT2D eigenvalue weighted by atomic mass is 10.1. The molecule has 0 spiro atoms. The molecule has 0 bridgehead atoms. The van der Waals surface area contributed by atoms with Crippen molar-refractivity contribution in [2.24, 2.45) is 4.99 Å². The number of amidine groups is 1. The first kappa shape index (κ1) is 24.7. The smallest absolute Gasteiger partial charge is 0.413 e. The lowest BCUT2D eigenvalue weighted by Gasteiger charge is -2.22. The zero-order chi connectivity index (χ0) is 21.3. The molecule has 0 aliphatic carbocycles. The van der Waals surface area contributed by atoms with Crippen molar-refractivity contribution in [3.05, 3.63) is 0 Å². The molecule has 3 N–H and O–H groups in total. The van der Waals surface area contributed by atoms with Crippen LogP contribution in [0.2, 0.25) is 0 Å². The van der Waals surface area contributed by atoms with Crippen molar-refractivity contribution >= 4 is 24.0 Å². The van der Waals surface area contributed by atoms with Gasteiger partial charge < -0.3 is 19.9 Å². The Morgan fingerprint density at radius 1 is 1.00 bits per heavy atom. The van der Waals surface area contributed by atoms with E-state index in [1.54, 1.807) is 41.5 Å². The van der Waals surface area contributed by atoms with Crippen LogP contribution >= 0.6 is 0 Å². The second-order valence-electron chi connectivity index (χ2n) is 7.99. The molecule has 0 saturated carbocycles. The predicted molar refractivity (Wildman–Crippen MR) is 102 cm³/mol. The average molecular weight is 387 g/mol. The first-order valence-electron chi connectivity index (χ1n) is 8.99. The number of alkyl carbamates (subject to hydrolysis) is 2.